The number of anilines is 1. The van der Waals surface area contributed by atoms with Crippen molar-refractivity contribution in [1.82, 2.24) is 4.98 Å². The maximum atomic E-state index is 12.7. The van der Waals surface area contributed by atoms with E-state index in [-0.39, 0.29) is 12.1 Å². The molecule has 0 radical (unpaired) electrons. The van der Waals surface area contributed by atoms with E-state index in [2.05, 4.69) is 11.6 Å². The van der Waals surface area contributed by atoms with Gasteiger partial charge < -0.3 is 15.7 Å². The number of carbonyl (C=O) groups excluding carboxylic acids is 1. The maximum Gasteiger partial charge on any atom is 0.433 e. The van der Waals surface area contributed by atoms with Gasteiger partial charge in [-0.2, -0.15) is 13.2 Å². The summed E-state index contributed by atoms with van der Waals surface area (Å²) in [6, 6.07) is 1.47. The third-order valence-corrected chi connectivity index (χ3v) is 2.41. The van der Waals surface area contributed by atoms with Gasteiger partial charge in [0.05, 0.1) is 5.56 Å². The zero-order valence-corrected chi connectivity index (χ0v) is 10.7. The number of aromatic nitrogens is 1. The summed E-state index contributed by atoms with van der Waals surface area (Å²) in [5, 5.41) is 8.79. The van der Waals surface area contributed by atoms with Crippen LogP contribution in [0.3, 0.4) is 0 Å². The average Bonchev–Trinajstić information content (AvgIpc) is 2.35. The zero-order chi connectivity index (χ0) is 16.2. The molecule has 0 saturated carbocycles. The Labute approximate surface area is 117 Å². The van der Waals surface area contributed by atoms with Crippen molar-refractivity contribution < 1.29 is 27.9 Å². The molecule has 0 saturated heterocycles. The van der Waals surface area contributed by atoms with E-state index < -0.39 is 36.1 Å². The minimum atomic E-state index is -4.73. The van der Waals surface area contributed by atoms with Crippen LogP contribution in [-0.4, -0.2) is 35.1 Å². The Hall–Kier alpha value is -2.58. The largest absolute Gasteiger partial charge is 0.480 e. The number of primary amides is 1. The Morgan fingerprint density at radius 2 is 2.05 bits per heavy atom. The second kappa shape index (κ2) is 6.25. The molecule has 0 fully saturated rings. The van der Waals surface area contributed by atoms with Crippen LogP contribution in [0.25, 0.3) is 0 Å². The molecule has 0 spiro atoms. The van der Waals surface area contributed by atoms with Crippen molar-refractivity contribution in [2.24, 2.45) is 5.73 Å². The van der Waals surface area contributed by atoms with Crippen molar-refractivity contribution >= 4 is 17.7 Å². The minimum absolute atomic E-state index is 0.110. The molecular formula is C12H12F3N3O3. The fourth-order valence-corrected chi connectivity index (χ4v) is 1.58. The molecule has 9 heteroatoms. The van der Waals surface area contributed by atoms with E-state index in [1.54, 1.807) is 0 Å². The number of aliphatic carboxylic acids is 1. The molecule has 3 N–H and O–H groups in total. The molecule has 0 unspecified atom stereocenters. The number of halogens is 3. The Morgan fingerprint density at radius 3 is 2.48 bits per heavy atom. The molecule has 1 aromatic rings. The highest BCUT2D eigenvalue weighted by molar-refractivity contribution is 5.98. The second-order valence-electron chi connectivity index (χ2n) is 3.99. The van der Waals surface area contributed by atoms with Crippen molar-refractivity contribution in [2.45, 2.75) is 6.18 Å². The number of hydrogen-bond acceptors (Lipinski definition) is 4. The van der Waals surface area contributed by atoms with E-state index in [1.807, 2.05) is 0 Å². The highest BCUT2D eigenvalue weighted by Gasteiger charge is 2.34. The van der Waals surface area contributed by atoms with Gasteiger partial charge in [-0.25, -0.2) is 4.98 Å². The van der Waals surface area contributed by atoms with Crippen molar-refractivity contribution in [1.29, 1.82) is 0 Å². The monoisotopic (exact) mass is 303 g/mol. The Balaban J connectivity index is 3.41. The lowest BCUT2D eigenvalue weighted by atomic mass is 10.2. The van der Waals surface area contributed by atoms with Crippen LogP contribution in [0.5, 0.6) is 0 Å². The molecule has 1 amide bonds. The molecule has 1 heterocycles. The maximum absolute atomic E-state index is 12.7. The zero-order valence-electron chi connectivity index (χ0n) is 10.7. The van der Waals surface area contributed by atoms with Gasteiger partial charge in [-0.15, -0.1) is 6.58 Å². The molecule has 0 aliphatic rings. The number of carbonyl (C=O) groups is 2. The number of pyridine rings is 1. The Bertz CT molecular complexity index is 573. The van der Waals surface area contributed by atoms with E-state index >= 15 is 0 Å². The molecule has 0 aliphatic carbocycles. The van der Waals surface area contributed by atoms with Crippen molar-refractivity contribution in [3.05, 3.63) is 36.0 Å². The van der Waals surface area contributed by atoms with Crippen LogP contribution in [0.15, 0.2) is 24.8 Å². The number of carboxylic acids is 1. The summed E-state index contributed by atoms with van der Waals surface area (Å²) in [6.45, 7) is 2.62. The molecule has 6 nitrogen and oxygen atoms in total. The summed E-state index contributed by atoms with van der Waals surface area (Å²) in [6.07, 6.45) is -3.45. The summed E-state index contributed by atoms with van der Waals surface area (Å²) >= 11 is 0. The van der Waals surface area contributed by atoms with Gasteiger partial charge in [-0.05, 0) is 12.1 Å². The quantitative estimate of drug-likeness (QED) is 0.772. The summed E-state index contributed by atoms with van der Waals surface area (Å²) < 4.78 is 38.0. The number of amides is 1. The van der Waals surface area contributed by atoms with E-state index in [9.17, 15) is 22.8 Å². The average molecular weight is 303 g/mol. The number of hydrogen-bond donors (Lipinski definition) is 2. The molecule has 0 bridgehead atoms. The normalized spacial score (nSPS) is 11.0. The van der Waals surface area contributed by atoms with Crippen LogP contribution in [0.2, 0.25) is 0 Å². The van der Waals surface area contributed by atoms with Gasteiger partial charge in [-0.1, -0.05) is 6.08 Å². The van der Waals surface area contributed by atoms with Crippen molar-refractivity contribution in [3.63, 3.8) is 0 Å². The van der Waals surface area contributed by atoms with Crippen LogP contribution in [0.4, 0.5) is 19.0 Å². The number of alkyl halides is 3. The van der Waals surface area contributed by atoms with E-state index in [0.29, 0.717) is 6.07 Å². The summed E-state index contributed by atoms with van der Waals surface area (Å²) in [5.41, 5.74) is 3.53. The van der Waals surface area contributed by atoms with Gasteiger partial charge in [0.15, 0.2) is 0 Å². The Kier molecular flexibility index (Phi) is 4.90. The van der Waals surface area contributed by atoms with Crippen molar-refractivity contribution in [2.75, 3.05) is 18.0 Å². The fraction of sp³-hybridized carbons (Fsp3) is 0.250. The third kappa shape index (κ3) is 4.20. The number of nitrogens with two attached hydrogens (primary N) is 1. The second-order valence-corrected chi connectivity index (χ2v) is 3.99. The van der Waals surface area contributed by atoms with Crippen LogP contribution in [0, 0.1) is 0 Å². The molecule has 0 atom stereocenters. The van der Waals surface area contributed by atoms with E-state index in [0.717, 1.165) is 11.0 Å². The van der Waals surface area contributed by atoms with Gasteiger partial charge in [0, 0.05) is 6.54 Å². The van der Waals surface area contributed by atoms with E-state index in [1.165, 1.54) is 6.08 Å². The lowest BCUT2D eigenvalue weighted by Crippen LogP contribution is -2.33. The van der Waals surface area contributed by atoms with Gasteiger partial charge in [0.25, 0.3) is 5.91 Å². The third-order valence-electron chi connectivity index (χ3n) is 2.41. The summed E-state index contributed by atoms with van der Waals surface area (Å²) in [4.78, 5) is 26.3. The van der Waals surface area contributed by atoms with E-state index in [4.69, 9.17) is 10.8 Å². The van der Waals surface area contributed by atoms with Crippen LogP contribution in [0.1, 0.15) is 16.1 Å². The molecule has 114 valence electrons. The van der Waals surface area contributed by atoms with Gasteiger partial charge in [0.2, 0.25) is 0 Å². The Morgan fingerprint density at radius 1 is 1.43 bits per heavy atom. The molecular weight excluding hydrogens is 291 g/mol. The van der Waals surface area contributed by atoms with Crippen LogP contribution >= 0.6 is 0 Å². The molecule has 0 aliphatic heterocycles. The molecule has 1 aromatic heterocycles. The number of nitrogens with zero attached hydrogens (tertiary/aromatic N) is 2. The first-order chi connectivity index (χ1) is 9.66. The predicted octanol–water partition coefficient (Wildman–Crippen LogP) is 1.28. The first-order valence-electron chi connectivity index (χ1n) is 5.62. The molecule has 0 aromatic carbocycles. The summed E-state index contributed by atoms with van der Waals surface area (Å²) in [7, 11) is 0. The van der Waals surface area contributed by atoms with Gasteiger partial charge >= 0.3 is 12.1 Å². The first kappa shape index (κ1) is 16.5. The molecule has 21 heavy (non-hydrogen) atoms. The topological polar surface area (TPSA) is 96.5 Å². The summed E-state index contributed by atoms with van der Waals surface area (Å²) in [5.74, 6) is -2.75. The van der Waals surface area contributed by atoms with Crippen LogP contribution < -0.4 is 10.6 Å². The van der Waals surface area contributed by atoms with Gasteiger partial charge in [0.1, 0.15) is 18.1 Å². The fourth-order valence-electron chi connectivity index (χ4n) is 1.58. The van der Waals surface area contributed by atoms with Crippen molar-refractivity contribution in [3.8, 4) is 0 Å². The SMILES string of the molecule is C=CCN(CC(=O)O)c1nc(C(F)(F)F)ccc1C(N)=O. The van der Waals surface area contributed by atoms with Gasteiger partial charge in [-0.3, -0.25) is 9.59 Å². The predicted molar refractivity (Wildman–Crippen MR) is 67.8 cm³/mol. The minimum Gasteiger partial charge on any atom is -0.480 e. The first-order valence-corrected chi connectivity index (χ1v) is 5.62. The molecule has 1 rings (SSSR count). The lowest BCUT2D eigenvalue weighted by Gasteiger charge is -2.22. The van der Waals surface area contributed by atoms with Crippen LogP contribution in [-0.2, 0) is 11.0 Å². The lowest BCUT2D eigenvalue weighted by molar-refractivity contribution is -0.141. The highest BCUT2D eigenvalue weighted by Crippen LogP contribution is 2.30. The highest BCUT2D eigenvalue weighted by atomic mass is 19.4. The standard InChI is InChI=1S/C12H12F3N3O3/c1-2-5-18(6-9(19)20)11-7(10(16)21)3-4-8(17-11)12(13,14)15/h2-4H,1,5-6H2,(H2,16,21)(H,19,20). The smallest absolute Gasteiger partial charge is 0.433 e. The number of rotatable bonds is 6. The number of carboxylic acid groups (broad SMARTS) is 1.